The van der Waals surface area contributed by atoms with E-state index >= 15 is 0 Å². The van der Waals surface area contributed by atoms with Gasteiger partial charge in [0, 0.05) is 5.88 Å². The van der Waals surface area contributed by atoms with Crippen LogP contribution < -0.4 is 9.83 Å². The molecule has 0 spiro atoms. The molecule has 0 radical (unpaired) electrons. The number of hydrogen-bond acceptors (Lipinski definition) is 3. The second kappa shape index (κ2) is 6.62. The molecule has 0 saturated heterocycles. The van der Waals surface area contributed by atoms with Crippen molar-refractivity contribution in [1.29, 1.82) is 0 Å². The Labute approximate surface area is 146 Å². The Kier molecular flexibility index (Phi) is 4.71. The third-order valence-corrected chi connectivity index (χ3v) is 6.91. The van der Waals surface area contributed by atoms with Crippen molar-refractivity contribution in [3.8, 4) is 5.75 Å². The number of nitrogens with zero attached hydrogens (tertiary/aromatic N) is 1. The smallest absolute Gasteiger partial charge is 0.377 e. The zero-order chi connectivity index (χ0) is 17.3. The van der Waals surface area contributed by atoms with Crippen LogP contribution in [-0.4, -0.2) is 22.5 Å². The first-order valence-corrected chi connectivity index (χ1v) is 9.94. The molecule has 6 heteroatoms. The molecule has 0 bridgehead atoms. The monoisotopic (exact) mass is 363 g/mol. The number of amides is 1. The van der Waals surface area contributed by atoms with Gasteiger partial charge in [-0.2, -0.15) is 0 Å². The molecule has 2 aromatic rings. The van der Waals surface area contributed by atoms with Gasteiger partial charge in [0.2, 0.25) is 0 Å². The number of carbonyl (C=O) groups excluding carboxylic acids is 1. The lowest BCUT2D eigenvalue weighted by atomic mass is 10.1. The summed E-state index contributed by atoms with van der Waals surface area (Å²) < 4.78 is 21.2. The van der Waals surface area contributed by atoms with Crippen molar-refractivity contribution in [2.24, 2.45) is 5.92 Å². The van der Waals surface area contributed by atoms with Crippen molar-refractivity contribution in [3.63, 3.8) is 0 Å². The van der Waals surface area contributed by atoms with Crippen LogP contribution in [0.25, 0.3) is 0 Å². The minimum atomic E-state index is -3.59. The quantitative estimate of drug-likeness (QED) is 0.601. The van der Waals surface area contributed by atoms with Gasteiger partial charge in [-0.25, -0.2) is 4.57 Å². The maximum Gasteiger partial charge on any atom is 0.377 e. The predicted octanol–water partition coefficient (Wildman–Crippen LogP) is 4.30. The summed E-state index contributed by atoms with van der Waals surface area (Å²) in [5, 5.41) is 0.489. The topological polar surface area (TPSA) is 46.6 Å². The first-order chi connectivity index (χ1) is 11.5. The number of fused-ring (bicyclic) bond motifs is 1. The minimum absolute atomic E-state index is 0.0392. The van der Waals surface area contributed by atoms with Crippen molar-refractivity contribution in [3.05, 3.63) is 60.2 Å². The fourth-order valence-corrected chi connectivity index (χ4v) is 5.90. The van der Waals surface area contributed by atoms with Crippen molar-refractivity contribution in [2.45, 2.75) is 19.9 Å². The molecule has 0 fully saturated rings. The van der Waals surface area contributed by atoms with Crippen LogP contribution in [0.15, 0.2) is 54.6 Å². The first-order valence-electron chi connectivity index (χ1n) is 7.83. The average Bonchev–Trinajstić information content (AvgIpc) is 2.59. The standard InChI is InChI=1S/C18H19ClNO3P/c1-13(2)16(12-19)20-18(21)15-10-6-7-11-17(15)23-24(20,22)14-8-4-3-5-9-14/h3-11,13,16H,12H2,1-2H3/t16-,24?/m1/s1. The molecule has 0 aromatic heterocycles. The molecule has 0 N–H and O–H groups in total. The molecule has 0 aliphatic carbocycles. The summed E-state index contributed by atoms with van der Waals surface area (Å²) >= 11 is 6.13. The lowest BCUT2D eigenvalue weighted by Gasteiger charge is -2.41. The highest BCUT2D eigenvalue weighted by Gasteiger charge is 2.48. The molecule has 2 aromatic carbocycles. The second-order valence-electron chi connectivity index (χ2n) is 6.06. The Balaban J connectivity index is 2.21. The summed E-state index contributed by atoms with van der Waals surface area (Å²) in [7, 11) is -3.59. The molecule has 1 unspecified atom stereocenters. The van der Waals surface area contributed by atoms with Crippen molar-refractivity contribution >= 4 is 30.3 Å². The van der Waals surface area contributed by atoms with Crippen LogP contribution in [0, 0.1) is 5.92 Å². The van der Waals surface area contributed by atoms with Crippen molar-refractivity contribution in [1.82, 2.24) is 4.67 Å². The largest absolute Gasteiger partial charge is 0.425 e. The average molecular weight is 364 g/mol. The molecule has 1 amide bonds. The molecule has 2 atom stereocenters. The van der Waals surface area contributed by atoms with E-state index in [2.05, 4.69) is 0 Å². The minimum Gasteiger partial charge on any atom is -0.425 e. The van der Waals surface area contributed by atoms with E-state index in [9.17, 15) is 9.36 Å². The molecule has 1 aliphatic rings. The third-order valence-electron chi connectivity index (χ3n) is 4.16. The maximum atomic E-state index is 13.9. The zero-order valence-electron chi connectivity index (χ0n) is 13.6. The van der Waals surface area contributed by atoms with Gasteiger partial charge in [0.15, 0.2) is 0 Å². The highest BCUT2D eigenvalue weighted by Crippen LogP contribution is 2.56. The highest BCUT2D eigenvalue weighted by atomic mass is 35.5. The molecular weight excluding hydrogens is 345 g/mol. The van der Waals surface area contributed by atoms with Crippen LogP contribution >= 0.6 is 19.1 Å². The lowest BCUT2D eigenvalue weighted by molar-refractivity contribution is 0.0773. The van der Waals surface area contributed by atoms with E-state index in [1.807, 2.05) is 19.9 Å². The lowest BCUT2D eigenvalue weighted by Crippen LogP contribution is -2.47. The van der Waals surface area contributed by atoms with Gasteiger partial charge >= 0.3 is 7.52 Å². The Bertz CT molecular complexity index is 794. The zero-order valence-corrected chi connectivity index (χ0v) is 15.2. The molecule has 0 saturated carbocycles. The summed E-state index contributed by atoms with van der Waals surface area (Å²) in [6.07, 6.45) is 0. The van der Waals surface area contributed by atoms with E-state index < -0.39 is 13.6 Å². The van der Waals surface area contributed by atoms with Gasteiger partial charge in [-0.3, -0.25) is 9.46 Å². The van der Waals surface area contributed by atoms with E-state index in [1.165, 1.54) is 4.67 Å². The van der Waals surface area contributed by atoms with E-state index in [0.29, 0.717) is 16.6 Å². The summed E-state index contributed by atoms with van der Waals surface area (Å²) in [6, 6.07) is 15.3. The summed E-state index contributed by atoms with van der Waals surface area (Å²) in [5.41, 5.74) is 0.413. The predicted molar refractivity (Wildman–Crippen MR) is 96.3 cm³/mol. The summed E-state index contributed by atoms with van der Waals surface area (Å²) in [5.74, 6) is 0.273. The third kappa shape index (κ3) is 2.74. The second-order valence-corrected chi connectivity index (χ2v) is 8.54. The van der Waals surface area contributed by atoms with E-state index in [0.717, 1.165) is 0 Å². The number of carbonyl (C=O) groups is 1. The molecule has 3 rings (SSSR count). The van der Waals surface area contributed by atoms with Gasteiger partial charge in [0.1, 0.15) is 5.75 Å². The van der Waals surface area contributed by atoms with Crippen LogP contribution in [0.5, 0.6) is 5.75 Å². The molecule has 4 nitrogen and oxygen atoms in total. The molecule has 1 aliphatic heterocycles. The fraction of sp³-hybridized carbons (Fsp3) is 0.278. The van der Waals surface area contributed by atoms with Crippen LogP contribution in [0.1, 0.15) is 24.2 Å². The van der Waals surface area contributed by atoms with Gasteiger partial charge in [0.25, 0.3) is 5.91 Å². The molecule has 126 valence electrons. The highest BCUT2D eigenvalue weighted by molar-refractivity contribution is 7.65. The van der Waals surface area contributed by atoms with Crippen molar-refractivity contribution < 1.29 is 13.9 Å². The Morgan fingerprint density at radius 1 is 1.08 bits per heavy atom. The maximum absolute atomic E-state index is 13.9. The normalized spacial score (nSPS) is 21.3. The number of halogens is 1. The summed E-state index contributed by atoms with van der Waals surface area (Å²) in [6.45, 7) is 3.91. The van der Waals surface area contributed by atoms with Crippen molar-refractivity contribution in [2.75, 3.05) is 5.88 Å². The van der Waals surface area contributed by atoms with Gasteiger partial charge in [0.05, 0.1) is 16.9 Å². The number of alkyl halides is 1. The van der Waals surface area contributed by atoms with Crippen LogP contribution in [0.4, 0.5) is 0 Å². The first kappa shape index (κ1) is 17.1. The molecule has 1 heterocycles. The number of hydrogen-bond donors (Lipinski definition) is 0. The van der Waals surface area contributed by atoms with Gasteiger partial charge in [-0.15, -0.1) is 11.6 Å². The Hall–Kier alpha value is -1.77. The van der Waals surface area contributed by atoms with Crippen LogP contribution in [0.2, 0.25) is 0 Å². The number of rotatable bonds is 4. The van der Waals surface area contributed by atoms with E-state index in [1.54, 1.807) is 48.5 Å². The van der Waals surface area contributed by atoms with E-state index in [-0.39, 0.29) is 17.7 Å². The fourth-order valence-electron chi connectivity index (χ4n) is 2.81. The summed E-state index contributed by atoms with van der Waals surface area (Å²) in [4.78, 5) is 13.1. The molecular formula is C18H19ClNO3P. The molecule has 24 heavy (non-hydrogen) atoms. The Morgan fingerprint density at radius 2 is 1.71 bits per heavy atom. The number of para-hydroxylation sites is 1. The SMILES string of the molecule is CC(C)[C@@H](CCl)N1C(=O)c2ccccc2OP1(=O)c1ccccc1. The van der Waals surface area contributed by atoms with Gasteiger partial charge < -0.3 is 4.52 Å². The van der Waals surface area contributed by atoms with Crippen LogP contribution in [-0.2, 0) is 4.57 Å². The Morgan fingerprint density at radius 3 is 2.33 bits per heavy atom. The van der Waals surface area contributed by atoms with Crippen LogP contribution in [0.3, 0.4) is 0 Å². The van der Waals surface area contributed by atoms with Gasteiger partial charge in [-0.1, -0.05) is 44.2 Å². The van der Waals surface area contributed by atoms with Gasteiger partial charge in [-0.05, 0) is 30.2 Å². The number of benzene rings is 2. The van der Waals surface area contributed by atoms with E-state index in [4.69, 9.17) is 16.1 Å².